The lowest BCUT2D eigenvalue weighted by Crippen LogP contribution is -2.22. The van der Waals surface area contributed by atoms with Crippen LogP contribution in [0, 0.1) is 0 Å². The highest BCUT2D eigenvalue weighted by molar-refractivity contribution is 5.72. The molecule has 0 aliphatic carbocycles. The molecule has 1 N–H and O–H groups in total. The molecular formula is C16H20N2O3. The van der Waals surface area contributed by atoms with Crippen LogP contribution in [0.25, 0.3) is 11.3 Å². The molecule has 2 aromatic rings. The van der Waals surface area contributed by atoms with Crippen LogP contribution in [-0.4, -0.2) is 23.8 Å². The van der Waals surface area contributed by atoms with Gasteiger partial charge in [-0.3, -0.25) is 4.57 Å². The van der Waals surface area contributed by atoms with Crippen molar-refractivity contribution < 1.29 is 9.47 Å². The lowest BCUT2D eigenvalue weighted by Gasteiger charge is -2.22. The van der Waals surface area contributed by atoms with Gasteiger partial charge in [-0.1, -0.05) is 13.8 Å². The second kappa shape index (κ2) is 4.98. The number of imidazole rings is 1. The first-order chi connectivity index (χ1) is 10.1. The van der Waals surface area contributed by atoms with Crippen LogP contribution in [0.2, 0.25) is 0 Å². The molecule has 3 rings (SSSR count). The van der Waals surface area contributed by atoms with Crippen molar-refractivity contribution in [2.45, 2.75) is 32.7 Å². The Kier molecular flexibility index (Phi) is 3.27. The van der Waals surface area contributed by atoms with Gasteiger partial charge in [0, 0.05) is 17.8 Å². The molecule has 1 aromatic carbocycles. The SMILES string of the molecule is COc1cc2c(cc1OC)-c1c(C(C)C)[nH]c(=O)n1CC2. The zero-order valence-corrected chi connectivity index (χ0v) is 12.8. The van der Waals surface area contributed by atoms with E-state index in [-0.39, 0.29) is 11.6 Å². The van der Waals surface area contributed by atoms with Gasteiger partial charge in [0.15, 0.2) is 11.5 Å². The second-order valence-electron chi connectivity index (χ2n) is 5.61. The molecule has 112 valence electrons. The molecule has 21 heavy (non-hydrogen) atoms. The van der Waals surface area contributed by atoms with Gasteiger partial charge >= 0.3 is 5.69 Å². The van der Waals surface area contributed by atoms with E-state index in [2.05, 4.69) is 18.8 Å². The highest BCUT2D eigenvalue weighted by Crippen LogP contribution is 2.40. The Morgan fingerprint density at radius 2 is 1.86 bits per heavy atom. The van der Waals surface area contributed by atoms with E-state index in [1.807, 2.05) is 16.7 Å². The van der Waals surface area contributed by atoms with Gasteiger partial charge in [0.25, 0.3) is 0 Å². The first-order valence-electron chi connectivity index (χ1n) is 7.14. The summed E-state index contributed by atoms with van der Waals surface area (Å²) in [6.07, 6.45) is 0.817. The normalized spacial score (nSPS) is 13.0. The minimum atomic E-state index is -0.0332. The van der Waals surface area contributed by atoms with E-state index in [0.717, 1.165) is 29.1 Å². The quantitative estimate of drug-likeness (QED) is 0.944. The van der Waals surface area contributed by atoms with Gasteiger partial charge in [-0.15, -0.1) is 0 Å². The summed E-state index contributed by atoms with van der Waals surface area (Å²) in [4.78, 5) is 15.1. The van der Waals surface area contributed by atoms with Crippen LogP contribution in [0.5, 0.6) is 11.5 Å². The molecule has 2 heterocycles. The van der Waals surface area contributed by atoms with Crippen LogP contribution in [0.1, 0.15) is 31.0 Å². The molecule has 0 saturated carbocycles. The average Bonchev–Trinajstić information content (AvgIpc) is 2.83. The fourth-order valence-electron chi connectivity index (χ4n) is 2.99. The molecule has 5 nitrogen and oxygen atoms in total. The van der Waals surface area contributed by atoms with Gasteiger partial charge in [-0.2, -0.15) is 0 Å². The van der Waals surface area contributed by atoms with E-state index in [9.17, 15) is 4.79 Å². The number of aromatic amines is 1. The van der Waals surface area contributed by atoms with E-state index < -0.39 is 0 Å². The third kappa shape index (κ3) is 2.04. The van der Waals surface area contributed by atoms with Crippen LogP contribution in [0.4, 0.5) is 0 Å². The molecule has 0 unspecified atom stereocenters. The molecule has 0 amide bonds. The number of benzene rings is 1. The van der Waals surface area contributed by atoms with E-state index >= 15 is 0 Å². The summed E-state index contributed by atoms with van der Waals surface area (Å²) in [6, 6.07) is 3.98. The second-order valence-corrected chi connectivity index (χ2v) is 5.61. The van der Waals surface area contributed by atoms with Crippen molar-refractivity contribution in [3.63, 3.8) is 0 Å². The minimum absolute atomic E-state index is 0.0332. The minimum Gasteiger partial charge on any atom is -0.493 e. The van der Waals surface area contributed by atoms with Crippen molar-refractivity contribution in [1.29, 1.82) is 0 Å². The van der Waals surface area contributed by atoms with Crippen molar-refractivity contribution in [2.75, 3.05) is 14.2 Å². The number of ether oxygens (including phenoxy) is 2. The zero-order chi connectivity index (χ0) is 15.1. The van der Waals surface area contributed by atoms with Crippen molar-refractivity contribution in [2.24, 2.45) is 0 Å². The highest BCUT2D eigenvalue weighted by Gasteiger charge is 2.25. The van der Waals surface area contributed by atoms with Gasteiger partial charge in [0.1, 0.15) is 0 Å². The number of aromatic nitrogens is 2. The molecule has 0 fully saturated rings. The Labute approximate surface area is 123 Å². The fraction of sp³-hybridized carbons (Fsp3) is 0.438. The molecule has 0 bridgehead atoms. The fourth-order valence-corrected chi connectivity index (χ4v) is 2.99. The predicted molar refractivity (Wildman–Crippen MR) is 81.4 cm³/mol. The van der Waals surface area contributed by atoms with Crippen LogP contribution in [0.15, 0.2) is 16.9 Å². The van der Waals surface area contributed by atoms with Crippen molar-refractivity contribution in [3.05, 3.63) is 33.9 Å². The molecule has 0 saturated heterocycles. The predicted octanol–water partition coefficient (Wildman–Crippen LogP) is 2.54. The lowest BCUT2D eigenvalue weighted by molar-refractivity contribution is 0.354. The Bertz CT molecular complexity index is 741. The Morgan fingerprint density at radius 1 is 1.19 bits per heavy atom. The van der Waals surface area contributed by atoms with Crippen LogP contribution >= 0.6 is 0 Å². The van der Waals surface area contributed by atoms with Crippen molar-refractivity contribution in [1.82, 2.24) is 9.55 Å². The Morgan fingerprint density at radius 3 is 2.48 bits per heavy atom. The first-order valence-corrected chi connectivity index (χ1v) is 7.14. The van der Waals surface area contributed by atoms with Gasteiger partial charge in [-0.25, -0.2) is 4.79 Å². The van der Waals surface area contributed by atoms with Crippen LogP contribution < -0.4 is 15.2 Å². The third-order valence-electron chi connectivity index (χ3n) is 4.06. The largest absolute Gasteiger partial charge is 0.493 e. The molecule has 0 radical (unpaired) electrons. The van der Waals surface area contributed by atoms with Crippen molar-refractivity contribution >= 4 is 0 Å². The van der Waals surface area contributed by atoms with Crippen LogP contribution in [-0.2, 0) is 13.0 Å². The number of H-pyrrole nitrogens is 1. The van der Waals surface area contributed by atoms with E-state index in [1.54, 1.807) is 14.2 Å². The summed E-state index contributed by atoms with van der Waals surface area (Å²) in [5, 5.41) is 0. The topological polar surface area (TPSA) is 56.2 Å². The molecule has 1 aliphatic heterocycles. The third-order valence-corrected chi connectivity index (χ3v) is 4.06. The number of fused-ring (bicyclic) bond motifs is 3. The maximum atomic E-state index is 12.1. The number of nitrogens with one attached hydrogen (secondary N) is 1. The van der Waals surface area contributed by atoms with E-state index in [4.69, 9.17) is 9.47 Å². The molecule has 0 atom stereocenters. The first kappa shape index (κ1) is 13.8. The molecule has 1 aromatic heterocycles. The van der Waals surface area contributed by atoms with E-state index in [1.165, 1.54) is 5.56 Å². The van der Waals surface area contributed by atoms with E-state index in [0.29, 0.717) is 12.3 Å². The summed E-state index contributed by atoms with van der Waals surface area (Å²) in [5.41, 5.74) is 4.18. The molecular weight excluding hydrogens is 268 g/mol. The van der Waals surface area contributed by atoms with Gasteiger partial charge in [0.2, 0.25) is 0 Å². The average molecular weight is 288 g/mol. The van der Waals surface area contributed by atoms with Crippen molar-refractivity contribution in [3.8, 4) is 22.8 Å². The highest BCUT2D eigenvalue weighted by atomic mass is 16.5. The Balaban J connectivity index is 2.29. The monoisotopic (exact) mass is 288 g/mol. The maximum absolute atomic E-state index is 12.1. The summed E-state index contributed by atoms with van der Waals surface area (Å²) < 4.78 is 12.6. The number of hydrogen-bond donors (Lipinski definition) is 1. The number of rotatable bonds is 3. The van der Waals surface area contributed by atoms with Gasteiger partial charge in [-0.05, 0) is 30.0 Å². The molecule has 0 spiro atoms. The summed E-state index contributed by atoms with van der Waals surface area (Å²) in [7, 11) is 3.26. The Hall–Kier alpha value is -2.17. The molecule has 1 aliphatic rings. The number of aryl methyl sites for hydroxylation is 1. The number of hydrogen-bond acceptors (Lipinski definition) is 3. The molecule has 5 heteroatoms. The van der Waals surface area contributed by atoms with Gasteiger partial charge < -0.3 is 14.5 Å². The standard InChI is InChI=1S/C16H20N2O3/c1-9(2)14-15-11-8-13(21-4)12(20-3)7-10(11)5-6-18(15)16(19)17-14/h7-9H,5-6H2,1-4H3,(H,17,19). The smallest absolute Gasteiger partial charge is 0.326 e. The summed E-state index contributed by atoms with van der Waals surface area (Å²) in [6.45, 7) is 4.86. The number of methoxy groups -OCH3 is 2. The number of nitrogens with zero attached hydrogens (tertiary/aromatic N) is 1. The zero-order valence-electron chi connectivity index (χ0n) is 12.8. The lowest BCUT2D eigenvalue weighted by atomic mass is 9.94. The summed E-state index contributed by atoms with van der Waals surface area (Å²) in [5.74, 6) is 1.68. The summed E-state index contributed by atoms with van der Waals surface area (Å²) >= 11 is 0. The maximum Gasteiger partial charge on any atom is 0.326 e. The van der Waals surface area contributed by atoms with Gasteiger partial charge in [0.05, 0.1) is 19.9 Å². The van der Waals surface area contributed by atoms with Crippen LogP contribution in [0.3, 0.4) is 0 Å².